The summed E-state index contributed by atoms with van der Waals surface area (Å²) in [6, 6.07) is 20.1. The van der Waals surface area contributed by atoms with Crippen molar-refractivity contribution < 1.29 is 18.0 Å². The Bertz CT molecular complexity index is 1350. The van der Waals surface area contributed by atoms with Gasteiger partial charge in [0.05, 0.1) is 15.6 Å². The summed E-state index contributed by atoms with van der Waals surface area (Å²) in [4.78, 5) is 28.1. The number of hydrogen-bond acceptors (Lipinski definition) is 4. The molecule has 0 aliphatic heterocycles. The molecule has 0 aliphatic rings. The van der Waals surface area contributed by atoms with Crippen LogP contribution in [-0.2, 0) is 26.2 Å². The lowest BCUT2D eigenvalue weighted by Gasteiger charge is -2.32. The number of anilines is 1. The molecule has 196 valence electrons. The molecule has 2 amide bonds. The van der Waals surface area contributed by atoms with Gasteiger partial charge in [0.1, 0.15) is 12.6 Å². The van der Waals surface area contributed by atoms with Crippen LogP contribution in [0.15, 0.2) is 83.8 Å². The zero-order chi connectivity index (χ0) is 27.2. The second-order valence-corrected chi connectivity index (χ2v) is 11.4. The standard InChI is InChI=1S/C27H29Cl2N3O4S/c1-19(2)30-27(34)20(3)31(17-21-11-7-8-14-23(21)28)26(33)18-32(25-16-10-9-15-24(25)29)37(35,36)22-12-5-4-6-13-22/h4-16,19-20H,17-18H2,1-3H3,(H,30,34). The van der Waals surface area contributed by atoms with E-state index in [2.05, 4.69) is 5.32 Å². The Morgan fingerprint density at radius 2 is 1.41 bits per heavy atom. The van der Waals surface area contributed by atoms with Crippen molar-refractivity contribution in [3.8, 4) is 0 Å². The summed E-state index contributed by atoms with van der Waals surface area (Å²) in [6.45, 7) is 4.66. The van der Waals surface area contributed by atoms with Crippen LogP contribution >= 0.6 is 23.2 Å². The number of nitrogens with one attached hydrogen (secondary N) is 1. The van der Waals surface area contributed by atoms with E-state index in [1.54, 1.807) is 67.6 Å². The largest absolute Gasteiger partial charge is 0.352 e. The van der Waals surface area contributed by atoms with Crippen LogP contribution in [0.2, 0.25) is 10.0 Å². The summed E-state index contributed by atoms with van der Waals surface area (Å²) >= 11 is 12.7. The molecule has 1 unspecified atom stereocenters. The third kappa shape index (κ3) is 7.03. The fourth-order valence-corrected chi connectivity index (χ4v) is 5.62. The Hall–Kier alpha value is -3.07. The summed E-state index contributed by atoms with van der Waals surface area (Å²) < 4.78 is 28.4. The highest BCUT2D eigenvalue weighted by atomic mass is 35.5. The first-order valence-electron chi connectivity index (χ1n) is 11.7. The van der Waals surface area contributed by atoms with Gasteiger partial charge in [0.15, 0.2) is 0 Å². The van der Waals surface area contributed by atoms with Crippen molar-refractivity contribution in [1.29, 1.82) is 0 Å². The number of benzene rings is 3. The maximum Gasteiger partial charge on any atom is 0.264 e. The number of para-hydroxylation sites is 1. The molecule has 3 aromatic carbocycles. The number of carbonyl (C=O) groups excluding carboxylic acids is 2. The van der Waals surface area contributed by atoms with Crippen molar-refractivity contribution in [2.45, 2.75) is 44.3 Å². The smallest absolute Gasteiger partial charge is 0.264 e. The van der Waals surface area contributed by atoms with Crippen LogP contribution in [0.1, 0.15) is 26.3 Å². The van der Waals surface area contributed by atoms with Gasteiger partial charge in [-0.2, -0.15) is 0 Å². The van der Waals surface area contributed by atoms with Gasteiger partial charge in [0.25, 0.3) is 10.0 Å². The van der Waals surface area contributed by atoms with Gasteiger partial charge in [0.2, 0.25) is 11.8 Å². The number of sulfonamides is 1. The fraction of sp³-hybridized carbons (Fsp3) is 0.259. The highest BCUT2D eigenvalue weighted by molar-refractivity contribution is 7.92. The lowest BCUT2D eigenvalue weighted by atomic mass is 10.1. The molecule has 10 heteroatoms. The molecular weight excluding hydrogens is 533 g/mol. The predicted octanol–water partition coefficient (Wildman–Crippen LogP) is 5.13. The summed E-state index contributed by atoms with van der Waals surface area (Å²) in [5, 5.41) is 3.40. The van der Waals surface area contributed by atoms with Gasteiger partial charge in [-0.15, -0.1) is 0 Å². The molecule has 7 nitrogen and oxygen atoms in total. The summed E-state index contributed by atoms with van der Waals surface area (Å²) in [7, 11) is -4.18. The zero-order valence-corrected chi connectivity index (χ0v) is 23.1. The van der Waals surface area contributed by atoms with Gasteiger partial charge in [-0.05, 0) is 56.7 Å². The molecule has 0 bridgehead atoms. The number of amides is 2. The second-order valence-electron chi connectivity index (χ2n) is 8.73. The van der Waals surface area contributed by atoms with Crippen LogP contribution in [0.4, 0.5) is 5.69 Å². The molecule has 0 saturated heterocycles. The lowest BCUT2D eigenvalue weighted by Crippen LogP contribution is -2.52. The predicted molar refractivity (Wildman–Crippen MR) is 147 cm³/mol. The quantitative estimate of drug-likeness (QED) is 0.371. The van der Waals surface area contributed by atoms with Gasteiger partial charge in [-0.3, -0.25) is 13.9 Å². The van der Waals surface area contributed by atoms with Crippen LogP contribution in [0.3, 0.4) is 0 Å². The van der Waals surface area contributed by atoms with Crippen LogP contribution in [-0.4, -0.2) is 43.8 Å². The van der Waals surface area contributed by atoms with Crippen molar-refractivity contribution in [2.24, 2.45) is 0 Å². The maximum atomic E-state index is 13.8. The molecule has 3 rings (SSSR count). The Labute approximate surface area is 228 Å². The zero-order valence-electron chi connectivity index (χ0n) is 20.8. The minimum Gasteiger partial charge on any atom is -0.352 e. The first-order chi connectivity index (χ1) is 17.5. The molecule has 1 N–H and O–H groups in total. The number of halogens is 2. The van der Waals surface area contributed by atoms with E-state index in [0.29, 0.717) is 10.6 Å². The lowest BCUT2D eigenvalue weighted by molar-refractivity contribution is -0.139. The number of hydrogen-bond donors (Lipinski definition) is 1. The molecule has 1 atom stereocenters. The molecule has 0 spiro atoms. The highest BCUT2D eigenvalue weighted by Gasteiger charge is 2.33. The maximum absolute atomic E-state index is 13.8. The van der Waals surface area contributed by atoms with Crippen LogP contribution in [0, 0.1) is 0 Å². The van der Waals surface area contributed by atoms with Gasteiger partial charge in [0, 0.05) is 17.6 Å². The van der Waals surface area contributed by atoms with Crippen molar-refractivity contribution >= 4 is 50.7 Å². The molecule has 0 fully saturated rings. The van der Waals surface area contributed by atoms with Crippen LogP contribution in [0.25, 0.3) is 0 Å². The highest BCUT2D eigenvalue weighted by Crippen LogP contribution is 2.31. The van der Waals surface area contributed by atoms with Gasteiger partial charge >= 0.3 is 0 Å². The topological polar surface area (TPSA) is 86.8 Å². The van der Waals surface area contributed by atoms with E-state index < -0.39 is 28.5 Å². The van der Waals surface area contributed by atoms with Gasteiger partial charge < -0.3 is 10.2 Å². The van der Waals surface area contributed by atoms with Crippen LogP contribution in [0.5, 0.6) is 0 Å². The monoisotopic (exact) mass is 561 g/mol. The first kappa shape index (κ1) is 28.5. The van der Waals surface area contributed by atoms with Crippen LogP contribution < -0.4 is 9.62 Å². The molecule has 0 aromatic heterocycles. The SMILES string of the molecule is CC(C)NC(=O)C(C)N(Cc1ccccc1Cl)C(=O)CN(c1ccccc1Cl)S(=O)(=O)c1ccccc1. The first-order valence-corrected chi connectivity index (χ1v) is 13.9. The van der Waals surface area contributed by atoms with Gasteiger partial charge in [-0.1, -0.05) is 71.7 Å². The number of carbonyl (C=O) groups is 2. The van der Waals surface area contributed by atoms with E-state index in [9.17, 15) is 18.0 Å². The molecular formula is C27H29Cl2N3O4S. The van der Waals surface area contributed by atoms with Crippen molar-refractivity contribution in [3.05, 3.63) is 94.5 Å². The van der Waals surface area contributed by atoms with E-state index in [1.807, 2.05) is 13.8 Å². The van der Waals surface area contributed by atoms with Crippen molar-refractivity contribution in [3.63, 3.8) is 0 Å². The number of nitrogens with zero attached hydrogens (tertiary/aromatic N) is 2. The summed E-state index contributed by atoms with van der Waals surface area (Å²) in [5.41, 5.74) is 0.773. The molecule has 0 aliphatic carbocycles. The molecule has 0 radical (unpaired) electrons. The van der Waals surface area contributed by atoms with E-state index in [4.69, 9.17) is 23.2 Å². The normalized spacial score (nSPS) is 12.2. The third-order valence-electron chi connectivity index (χ3n) is 5.63. The van der Waals surface area contributed by atoms with Crippen molar-refractivity contribution in [2.75, 3.05) is 10.8 Å². The minimum atomic E-state index is -4.18. The van der Waals surface area contributed by atoms with E-state index in [1.165, 1.54) is 23.1 Å². The van der Waals surface area contributed by atoms with Crippen molar-refractivity contribution in [1.82, 2.24) is 10.2 Å². The van der Waals surface area contributed by atoms with E-state index in [-0.39, 0.29) is 34.1 Å². The molecule has 3 aromatic rings. The fourth-order valence-electron chi connectivity index (χ4n) is 3.68. The minimum absolute atomic E-state index is 0.00553. The van der Waals surface area contributed by atoms with E-state index in [0.717, 1.165) is 4.31 Å². The average Bonchev–Trinajstić information content (AvgIpc) is 2.87. The third-order valence-corrected chi connectivity index (χ3v) is 8.09. The summed E-state index contributed by atoms with van der Waals surface area (Å²) in [5.74, 6) is -0.962. The number of rotatable bonds is 10. The van der Waals surface area contributed by atoms with Gasteiger partial charge in [-0.25, -0.2) is 8.42 Å². The molecule has 0 heterocycles. The Morgan fingerprint density at radius 3 is 2.00 bits per heavy atom. The Kier molecular flexibility index (Phi) is 9.59. The summed E-state index contributed by atoms with van der Waals surface area (Å²) in [6.07, 6.45) is 0. The molecule has 0 saturated carbocycles. The average molecular weight is 563 g/mol. The molecule has 37 heavy (non-hydrogen) atoms. The Morgan fingerprint density at radius 1 is 0.838 bits per heavy atom. The van der Waals surface area contributed by atoms with E-state index >= 15 is 0 Å². The second kappa shape index (κ2) is 12.4. The Balaban J connectivity index is 2.04.